The van der Waals surface area contributed by atoms with E-state index in [1.165, 1.54) is 5.56 Å². The lowest BCUT2D eigenvalue weighted by atomic mass is 10.1. The molecule has 1 saturated heterocycles. The number of carbonyl (C=O) groups excluding carboxylic acids is 1. The SMILES string of the molecule is COc1cc(CN2CC[C@H](N(C)c3ncccc3C(=O)OC(C)C)C2)ccc1OCc1ccccc1. The van der Waals surface area contributed by atoms with Gasteiger partial charge in [0.1, 0.15) is 18.0 Å². The van der Waals surface area contributed by atoms with Gasteiger partial charge in [-0.1, -0.05) is 36.4 Å². The second-order valence-corrected chi connectivity index (χ2v) is 9.38. The molecule has 0 unspecified atom stereocenters. The van der Waals surface area contributed by atoms with Crippen LogP contribution in [0.2, 0.25) is 0 Å². The van der Waals surface area contributed by atoms with Gasteiger partial charge >= 0.3 is 5.97 Å². The molecule has 3 aromatic rings. The summed E-state index contributed by atoms with van der Waals surface area (Å²) in [7, 11) is 3.68. The molecule has 2 heterocycles. The molecule has 2 aromatic carbocycles. The van der Waals surface area contributed by atoms with E-state index in [-0.39, 0.29) is 18.1 Å². The van der Waals surface area contributed by atoms with Gasteiger partial charge < -0.3 is 19.1 Å². The van der Waals surface area contributed by atoms with Crippen molar-refractivity contribution in [3.05, 3.63) is 83.6 Å². The third-order valence-corrected chi connectivity index (χ3v) is 6.35. The Bertz CT molecular complexity index is 1150. The molecular weight excluding hydrogens is 454 g/mol. The number of carbonyl (C=O) groups is 1. The van der Waals surface area contributed by atoms with E-state index in [1.807, 2.05) is 57.3 Å². The Morgan fingerprint density at radius 1 is 1.08 bits per heavy atom. The third-order valence-electron chi connectivity index (χ3n) is 6.35. The monoisotopic (exact) mass is 489 g/mol. The number of methoxy groups -OCH3 is 1. The lowest BCUT2D eigenvalue weighted by Gasteiger charge is -2.27. The summed E-state index contributed by atoms with van der Waals surface area (Å²) < 4.78 is 17.0. The van der Waals surface area contributed by atoms with Gasteiger partial charge in [0.15, 0.2) is 11.5 Å². The van der Waals surface area contributed by atoms with Crippen LogP contribution in [-0.4, -0.2) is 55.2 Å². The van der Waals surface area contributed by atoms with Gasteiger partial charge in [-0.3, -0.25) is 4.90 Å². The molecule has 7 nitrogen and oxygen atoms in total. The van der Waals surface area contributed by atoms with E-state index < -0.39 is 0 Å². The van der Waals surface area contributed by atoms with Crippen LogP contribution in [0.25, 0.3) is 0 Å². The normalized spacial score (nSPS) is 15.6. The van der Waals surface area contributed by atoms with Crippen LogP contribution in [0.3, 0.4) is 0 Å². The molecule has 7 heteroatoms. The topological polar surface area (TPSA) is 64.1 Å². The number of likely N-dealkylation sites (tertiary alicyclic amines) is 1. The number of nitrogens with zero attached hydrogens (tertiary/aromatic N) is 3. The van der Waals surface area contributed by atoms with Crippen molar-refractivity contribution < 1.29 is 19.0 Å². The number of hydrogen-bond acceptors (Lipinski definition) is 7. The zero-order chi connectivity index (χ0) is 25.5. The summed E-state index contributed by atoms with van der Waals surface area (Å²) in [4.78, 5) is 21.6. The number of benzene rings is 2. The van der Waals surface area contributed by atoms with Crippen molar-refractivity contribution in [3.63, 3.8) is 0 Å². The highest BCUT2D eigenvalue weighted by molar-refractivity contribution is 5.94. The number of aromatic nitrogens is 1. The smallest absolute Gasteiger partial charge is 0.342 e. The maximum atomic E-state index is 12.6. The molecule has 4 rings (SSSR count). The molecule has 1 atom stereocenters. The van der Waals surface area contributed by atoms with Crippen molar-refractivity contribution in [3.8, 4) is 11.5 Å². The van der Waals surface area contributed by atoms with Gasteiger partial charge in [-0.05, 0) is 55.7 Å². The van der Waals surface area contributed by atoms with Gasteiger partial charge in [0.05, 0.1) is 13.2 Å². The Balaban J connectivity index is 1.38. The van der Waals surface area contributed by atoms with Crippen molar-refractivity contribution >= 4 is 11.8 Å². The molecule has 0 aliphatic carbocycles. The number of ether oxygens (including phenoxy) is 3. The van der Waals surface area contributed by atoms with Crippen molar-refractivity contribution in [2.75, 3.05) is 32.1 Å². The summed E-state index contributed by atoms with van der Waals surface area (Å²) in [6.07, 6.45) is 2.53. The van der Waals surface area contributed by atoms with Crippen LogP contribution in [0.5, 0.6) is 11.5 Å². The Labute approximate surface area is 213 Å². The maximum Gasteiger partial charge on any atom is 0.342 e. The first-order valence-electron chi connectivity index (χ1n) is 12.4. The molecule has 0 saturated carbocycles. The second kappa shape index (κ2) is 11.9. The molecule has 1 aliphatic rings. The van der Waals surface area contributed by atoms with Crippen molar-refractivity contribution in [2.24, 2.45) is 0 Å². The highest BCUT2D eigenvalue weighted by atomic mass is 16.5. The van der Waals surface area contributed by atoms with Crippen LogP contribution in [0, 0.1) is 0 Å². The molecule has 0 radical (unpaired) electrons. The summed E-state index contributed by atoms with van der Waals surface area (Å²) in [6.45, 7) is 6.84. The lowest BCUT2D eigenvalue weighted by molar-refractivity contribution is 0.0378. The lowest BCUT2D eigenvalue weighted by Crippen LogP contribution is -2.36. The Morgan fingerprint density at radius 3 is 2.64 bits per heavy atom. The minimum absolute atomic E-state index is 0.176. The fraction of sp³-hybridized carbons (Fsp3) is 0.379. The molecule has 0 spiro atoms. The molecule has 1 aromatic heterocycles. The van der Waals surface area contributed by atoms with Gasteiger partial charge in [0, 0.05) is 38.9 Å². The first-order chi connectivity index (χ1) is 17.4. The number of rotatable bonds is 10. The van der Waals surface area contributed by atoms with E-state index in [2.05, 4.69) is 26.9 Å². The third kappa shape index (κ3) is 6.34. The molecule has 1 fully saturated rings. The van der Waals surface area contributed by atoms with Gasteiger partial charge in [-0.25, -0.2) is 9.78 Å². The summed E-state index contributed by atoms with van der Waals surface area (Å²) in [5.74, 6) is 1.80. The van der Waals surface area contributed by atoms with Gasteiger partial charge in [-0.2, -0.15) is 0 Å². The summed E-state index contributed by atoms with van der Waals surface area (Å²) >= 11 is 0. The fourth-order valence-corrected chi connectivity index (χ4v) is 4.48. The molecule has 0 amide bonds. The quantitative estimate of drug-likeness (QED) is 0.374. The van der Waals surface area contributed by atoms with E-state index in [0.717, 1.165) is 43.1 Å². The van der Waals surface area contributed by atoms with Crippen molar-refractivity contribution in [1.82, 2.24) is 9.88 Å². The number of esters is 1. The van der Waals surface area contributed by atoms with Gasteiger partial charge in [0.2, 0.25) is 0 Å². The van der Waals surface area contributed by atoms with Gasteiger partial charge in [0.25, 0.3) is 0 Å². The zero-order valence-electron chi connectivity index (χ0n) is 21.5. The standard InChI is InChI=1S/C29H35N3O4/c1-21(2)36-29(33)25-11-8-15-30-28(25)31(3)24-14-16-32(19-24)18-23-12-13-26(27(17-23)34-4)35-20-22-9-6-5-7-10-22/h5-13,15,17,21,24H,14,16,18-20H2,1-4H3/t24-/m0/s1. The second-order valence-electron chi connectivity index (χ2n) is 9.38. The summed E-state index contributed by atoms with van der Waals surface area (Å²) in [5.41, 5.74) is 2.79. The molecule has 0 N–H and O–H groups in total. The van der Waals surface area contributed by atoms with Crippen LogP contribution in [-0.2, 0) is 17.9 Å². The Hall–Kier alpha value is -3.58. The molecular formula is C29H35N3O4. The van der Waals surface area contributed by atoms with Crippen LogP contribution >= 0.6 is 0 Å². The van der Waals surface area contributed by atoms with E-state index in [4.69, 9.17) is 14.2 Å². The van der Waals surface area contributed by atoms with Crippen molar-refractivity contribution in [1.29, 1.82) is 0 Å². The average Bonchev–Trinajstić information content (AvgIpc) is 3.36. The first-order valence-corrected chi connectivity index (χ1v) is 12.4. The van der Waals surface area contributed by atoms with Gasteiger partial charge in [-0.15, -0.1) is 0 Å². The van der Waals surface area contributed by atoms with Crippen LogP contribution in [0.15, 0.2) is 66.9 Å². The maximum absolute atomic E-state index is 12.6. The minimum Gasteiger partial charge on any atom is -0.493 e. The van der Waals surface area contributed by atoms with Crippen LogP contribution < -0.4 is 14.4 Å². The molecule has 1 aliphatic heterocycles. The average molecular weight is 490 g/mol. The summed E-state index contributed by atoms with van der Waals surface area (Å²) in [6, 6.07) is 20.0. The van der Waals surface area contributed by atoms with Crippen LogP contribution in [0.1, 0.15) is 41.8 Å². The first kappa shape index (κ1) is 25.5. The van der Waals surface area contributed by atoms with E-state index in [1.54, 1.807) is 25.4 Å². The highest BCUT2D eigenvalue weighted by Crippen LogP contribution is 2.30. The zero-order valence-corrected chi connectivity index (χ0v) is 21.5. The number of likely N-dealkylation sites (N-methyl/N-ethyl adjacent to an activating group) is 1. The van der Waals surface area contributed by atoms with E-state index >= 15 is 0 Å². The van der Waals surface area contributed by atoms with E-state index in [0.29, 0.717) is 18.0 Å². The molecule has 190 valence electrons. The van der Waals surface area contributed by atoms with Crippen molar-refractivity contribution in [2.45, 2.75) is 45.6 Å². The Kier molecular flexibility index (Phi) is 8.44. The minimum atomic E-state index is -0.337. The number of anilines is 1. The number of hydrogen-bond donors (Lipinski definition) is 0. The summed E-state index contributed by atoms with van der Waals surface area (Å²) in [5, 5.41) is 0. The fourth-order valence-electron chi connectivity index (χ4n) is 4.48. The Morgan fingerprint density at radius 2 is 1.89 bits per heavy atom. The predicted molar refractivity (Wildman–Crippen MR) is 141 cm³/mol. The van der Waals surface area contributed by atoms with E-state index in [9.17, 15) is 4.79 Å². The van der Waals surface area contributed by atoms with Crippen LogP contribution in [0.4, 0.5) is 5.82 Å². The molecule has 0 bridgehead atoms. The largest absolute Gasteiger partial charge is 0.493 e. The molecule has 36 heavy (non-hydrogen) atoms. The number of pyridine rings is 1. The predicted octanol–water partition coefficient (Wildman–Crippen LogP) is 4.95. The highest BCUT2D eigenvalue weighted by Gasteiger charge is 2.29.